The first-order valence-corrected chi connectivity index (χ1v) is 9.69. The largest absolute Gasteiger partial charge is 0.433 e. The Kier molecular flexibility index (Phi) is 4.95. The van der Waals surface area contributed by atoms with Gasteiger partial charge in [0.2, 0.25) is 0 Å². The average molecular weight is 418 g/mol. The molecule has 0 aliphatic carbocycles. The molecular formula is C20H21F3N6O. The first-order valence-electron chi connectivity index (χ1n) is 9.69. The first kappa shape index (κ1) is 20.2. The smallest absolute Gasteiger partial charge is 0.337 e. The molecule has 0 bridgehead atoms. The summed E-state index contributed by atoms with van der Waals surface area (Å²) in [4.78, 5) is 26.8. The third kappa shape index (κ3) is 3.73. The molecule has 158 valence electrons. The molecule has 7 nitrogen and oxygen atoms in total. The number of halogens is 3. The third-order valence-corrected chi connectivity index (χ3v) is 5.24. The van der Waals surface area contributed by atoms with E-state index in [2.05, 4.69) is 20.1 Å². The fraction of sp³-hybridized carbons (Fsp3) is 0.450. The van der Waals surface area contributed by atoms with E-state index in [1.54, 1.807) is 31.7 Å². The molecule has 3 aromatic heterocycles. The maximum atomic E-state index is 13.6. The Morgan fingerprint density at radius 3 is 2.60 bits per heavy atom. The van der Waals surface area contributed by atoms with Gasteiger partial charge in [-0.3, -0.25) is 9.78 Å². The van der Waals surface area contributed by atoms with Crippen molar-refractivity contribution >= 4 is 11.6 Å². The second-order valence-electron chi connectivity index (χ2n) is 7.84. The number of likely N-dealkylation sites (tertiary alicyclic amines) is 1. The predicted molar refractivity (Wildman–Crippen MR) is 102 cm³/mol. The highest BCUT2D eigenvalue weighted by molar-refractivity contribution is 5.92. The number of carbonyl (C=O) groups is 1. The number of carbonyl (C=O) groups excluding carboxylic acids is 1. The second-order valence-corrected chi connectivity index (χ2v) is 7.84. The monoisotopic (exact) mass is 418 g/mol. The fourth-order valence-corrected chi connectivity index (χ4v) is 3.56. The zero-order chi connectivity index (χ0) is 21.6. The van der Waals surface area contributed by atoms with E-state index < -0.39 is 11.9 Å². The molecule has 0 N–H and O–H groups in total. The van der Waals surface area contributed by atoms with Crippen molar-refractivity contribution in [1.29, 1.82) is 0 Å². The van der Waals surface area contributed by atoms with Crippen LogP contribution in [0.1, 0.15) is 65.4 Å². The number of nitrogens with zero attached hydrogens (tertiary/aromatic N) is 6. The number of hydrogen-bond acceptors (Lipinski definition) is 5. The number of alkyl halides is 3. The summed E-state index contributed by atoms with van der Waals surface area (Å²) in [5.41, 5.74) is 1.14. The summed E-state index contributed by atoms with van der Waals surface area (Å²) in [5.74, 6) is -0.563. The van der Waals surface area contributed by atoms with E-state index in [4.69, 9.17) is 0 Å². The van der Waals surface area contributed by atoms with Gasteiger partial charge in [-0.05, 0) is 25.3 Å². The van der Waals surface area contributed by atoms with Gasteiger partial charge in [0.25, 0.3) is 5.91 Å². The van der Waals surface area contributed by atoms with Crippen LogP contribution in [0.3, 0.4) is 0 Å². The van der Waals surface area contributed by atoms with Gasteiger partial charge in [0.05, 0.1) is 17.6 Å². The summed E-state index contributed by atoms with van der Waals surface area (Å²) in [6.07, 6.45) is -0.981. The molecular weight excluding hydrogens is 397 g/mol. The number of aromatic nitrogens is 5. The van der Waals surface area contributed by atoms with Crippen LogP contribution in [-0.4, -0.2) is 48.5 Å². The van der Waals surface area contributed by atoms with E-state index in [0.29, 0.717) is 36.6 Å². The molecule has 0 unspecified atom stereocenters. The van der Waals surface area contributed by atoms with E-state index in [-0.39, 0.29) is 29.1 Å². The third-order valence-electron chi connectivity index (χ3n) is 5.24. The van der Waals surface area contributed by atoms with Gasteiger partial charge in [0.1, 0.15) is 11.4 Å². The number of fused-ring (bicyclic) bond motifs is 1. The Labute approximate surface area is 171 Å². The van der Waals surface area contributed by atoms with E-state index in [1.165, 1.54) is 12.4 Å². The van der Waals surface area contributed by atoms with Crippen LogP contribution in [0.5, 0.6) is 0 Å². The Bertz CT molecular complexity index is 1090. The van der Waals surface area contributed by atoms with Crippen molar-refractivity contribution in [2.45, 2.75) is 45.2 Å². The minimum Gasteiger partial charge on any atom is -0.337 e. The van der Waals surface area contributed by atoms with Crippen molar-refractivity contribution in [3.05, 3.63) is 53.0 Å². The van der Waals surface area contributed by atoms with Crippen molar-refractivity contribution < 1.29 is 18.0 Å². The fourth-order valence-electron chi connectivity index (χ4n) is 3.56. The lowest BCUT2D eigenvalue weighted by molar-refractivity contribution is -0.142. The second kappa shape index (κ2) is 7.33. The molecule has 30 heavy (non-hydrogen) atoms. The lowest BCUT2D eigenvalue weighted by Crippen LogP contribution is -2.29. The van der Waals surface area contributed by atoms with Crippen LogP contribution in [0.15, 0.2) is 24.5 Å². The van der Waals surface area contributed by atoms with Crippen LogP contribution in [-0.2, 0) is 6.18 Å². The minimum atomic E-state index is -4.55. The van der Waals surface area contributed by atoms with Gasteiger partial charge in [-0.2, -0.15) is 18.3 Å². The Morgan fingerprint density at radius 1 is 1.20 bits per heavy atom. The van der Waals surface area contributed by atoms with E-state index in [1.807, 2.05) is 0 Å². The molecule has 0 radical (unpaired) electrons. The highest BCUT2D eigenvalue weighted by Crippen LogP contribution is 2.33. The van der Waals surface area contributed by atoms with Crippen LogP contribution < -0.4 is 0 Å². The van der Waals surface area contributed by atoms with Crippen LogP contribution >= 0.6 is 0 Å². The number of rotatable bonds is 3. The average Bonchev–Trinajstić information content (AvgIpc) is 3.33. The highest BCUT2D eigenvalue weighted by atomic mass is 19.4. The van der Waals surface area contributed by atoms with Crippen molar-refractivity contribution in [2.75, 3.05) is 13.1 Å². The summed E-state index contributed by atoms with van der Waals surface area (Å²) in [7, 11) is 0. The van der Waals surface area contributed by atoms with Gasteiger partial charge in [0, 0.05) is 37.0 Å². The normalized spacial score (nSPS) is 17.3. The summed E-state index contributed by atoms with van der Waals surface area (Å²) in [5, 5.41) is 4.21. The zero-order valence-electron chi connectivity index (χ0n) is 16.8. The minimum absolute atomic E-state index is 0.148. The van der Waals surface area contributed by atoms with Gasteiger partial charge in [0.15, 0.2) is 5.65 Å². The molecule has 0 aromatic carbocycles. The zero-order valence-corrected chi connectivity index (χ0v) is 16.8. The molecule has 4 rings (SSSR count). The number of hydrogen-bond donors (Lipinski definition) is 0. The number of amides is 1. The summed E-state index contributed by atoms with van der Waals surface area (Å²) < 4.78 is 41.6. The molecule has 1 amide bonds. The maximum Gasteiger partial charge on any atom is 0.433 e. The molecule has 3 aromatic rings. The Hall–Kier alpha value is -3.04. The lowest BCUT2D eigenvalue weighted by Gasteiger charge is -2.15. The van der Waals surface area contributed by atoms with Crippen molar-refractivity contribution in [3.8, 4) is 0 Å². The molecule has 0 spiro atoms. The summed E-state index contributed by atoms with van der Waals surface area (Å²) in [6.45, 7) is 6.21. The van der Waals surface area contributed by atoms with Crippen molar-refractivity contribution in [1.82, 2.24) is 29.5 Å². The van der Waals surface area contributed by atoms with Crippen LogP contribution in [0.4, 0.5) is 13.2 Å². The molecule has 4 heterocycles. The van der Waals surface area contributed by atoms with Gasteiger partial charge in [-0.25, -0.2) is 14.5 Å². The van der Waals surface area contributed by atoms with Crippen LogP contribution in [0.25, 0.3) is 5.65 Å². The molecule has 0 saturated carbocycles. The molecule has 1 atom stereocenters. The van der Waals surface area contributed by atoms with Crippen molar-refractivity contribution in [2.24, 2.45) is 0 Å². The van der Waals surface area contributed by atoms with E-state index in [9.17, 15) is 18.0 Å². The quantitative estimate of drug-likeness (QED) is 0.650. The van der Waals surface area contributed by atoms with E-state index >= 15 is 0 Å². The number of aryl methyl sites for hydroxylation is 1. The molecule has 1 aliphatic heterocycles. The summed E-state index contributed by atoms with van der Waals surface area (Å²) in [6, 6.07) is 2.64. The van der Waals surface area contributed by atoms with Crippen LogP contribution in [0, 0.1) is 6.92 Å². The standard InChI is InChI=1S/C20H21F3N6O/c1-11(2)14-6-17(20(21,22)23)29-18(26-14)7-15(27-29)13-4-5-28(10-13)19(30)16-9-24-12(3)8-25-16/h6-9,11,13H,4-5,10H2,1-3H3/t13-/m0/s1. The molecule has 1 fully saturated rings. The SMILES string of the molecule is Cc1cnc(C(=O)N2CC[C@H](c3cc4nc(C(C)C)cc(C(F)(F)F)n4n3)C2)cn1. The van der Waals surface area contributed by atoms with Gasteiger partial charge in [-0.15, -0.1) is 0 Å². The van der Waals surface area contributed by atoms with Crippen LogP contribution in [0.2, 0.25) is 0 Å². The molecule has 1 aliphatic rings. The Morgan fingerprint density at radius 2 is 1.97 bits per heavy atom. The van der Waals surface area contributed by atoms with Gasteiger partial charge < -0.3 is 4.90 Å². The first-order chi connectivity index (χ1) is 14.1. The van der Waals surface area contributed by atoms with Crippen molar-refractivity contribution in [3.63, 3.8) is 0 Å². The lowest BCUT2D eigenvalue weighted by atomic mass is 10.1. The highest BCUT2D eigenvalue weighted by Gasteiger charge is 2.36. The summed E-state index contributed by atoms with van der Waals surface area (Å²) >= 11 is 0. The van der Waals surface area contributed by atoms with Gasteiger partial charge in [-0.1, -0.05) is 13.8 Å². The molecule has 10 heteroatoms. The maximum absolute atomic E-state index is 13.6. The topological polar surface area (TPSA) is 76.3 Å². The molecule has 1 saturated heterocycles. The van der Waals surface area contributed by atoms with Gasteiger partial charge >= 0.3 is 6.18 Å². The predicted octanol–water partition coefficient (Wildman–Crippen LogP) is 3.60. The van der Waals surface area contributed by atoms with E-state index in [0.717, 1.165) is 10.6 Å². The Balaban J connectivity index is 1.62.